The zero-order valence-corrected chi connectivity index (χ0v) is 11.5. The average molecular weight is 283 g/mol. The second-order valence-electron chi connectivity index (χ2n) is 4.87. The molecule has 0 fully saturated rings. The molecule has 20 heavy (non-hydrogen) atoms. The maximum Gasteiger partial charge on any atom is 0.328 e. The number of aromatic amines is 1. The predicted molar refractivity (Wildman–Crippen MR) is 70.6 cm³/mol. The summed E-state index contributed by atoms with van der Waals surface area (Å²) in [7, 11) is 1.22. The lowest BCUT2D eigenvalue weighted by atomic mass is 10.0. The molecule has 0 aliphatic heterocycles. The summed E-state index contributed by atoms with van der Waals surface area (Å²) in [5, 5.41) is 11.3. The molecule has 8 nitrogen and oxygen atoms in total. The molecular formula is C12H17N3O5. The highest BCUT2D eigenvalue weighted by atomic mass is 16.4. The highest BCUT2D eigenvalue weighted by Crippen LogP contribution is 2.05. The van der Waals surface area contributed by atoms with E-state index >= 15 is 0 Å². The number of H-pyrrole nitrogens is 1. The maximum atomic E-state index is 11.9. The number of carbonyl (C=O) groups is 2. The van der Waals surface area contributed by atoms with Gasteiger partial charge in [0.15, 0.2) is 0 Å². The third kappa shape index (κ3) is 3.56. The number of carboxylic acid groups (broad SMARTS) is 1. The molecule has 0 aliphatic rings. The Morgan fingerprint density at radius 1 is 1.40 bits per heavy atom. The van der Waals surface area contributed by atoms with Gasteiger partial charge in [-0.2, -0.15) is 0 Å². The summed E-state index contributed by atoms with van der Waals surface area (Å²) in [6.45, 7) is 3.64. The summed E-state index contributed by atoms with van der Waals surface area (Å²) in [4.78, 5) is 48.1. The van der Waals surface area contributed by atoms with Gasteiger partial charge >= 0.3 is 11.7 Å². The van der Waals surface area contributed by atoms with Crippen LogP contribution in [0.2, 0.25) is 0 Å². The molecule has 3 N–H and O–H groups in total. The van der Waals surface area contributed by atoms with E-state index in [1.807, 2.05) is 13.8 Å². The maximum absolute atomic E-state index is 11.9. The van der Waals surface area contributed by atoms with Gasteiger partial charge in [0.25, 0.3) is 11.5 Å². The predicted octanol–water partition coefficient (Wildman–Crippen LogP) is -0.697. The minimum atomic E-state index is -1.17. The van der Waals surface area contributed by atoms with Gasteiger partial charge in [-0.25, -0.2) is 9.59 Å². The fraction of sp³-hybridized carbons (Fsp3) is 0.500. The largest absolute Gasteiger partial charge is 0.480 e. The Morgan fingerprint density at radius 2 is 2.00 bits per heavy atom. The zero-order chi connectivity index (χ0) is 15.4. The number of hydrogen-bond acceptors (Lipinski definition) is 4. The molecule has 1 atom stereocenters. The Hall–Kier alpha value is -2.38. The van der Waals surface area contributed by atoms with Crippen molar-refractivity contribution >= 4 is 11.9 Å². The number of rotatable bonds is 5. The molecule has 8 heteroatoms. The van der Waals surface area contributed by atoms with Crippen LogP contribution in [-0.2, 0) is 11.8 Å². The standard InChI is InChI=1S/C12H17N3O5/c1-6(2)4-8(11(18)19)14-9(16)7-5-13-12(20)15(3)10(7)17/h5-6,8H,4H2,1-3H3,(H,13,20)(H,14,16)(H,18,19)/t8-/m0/s1. The molecule has 0 bridgehead atoms. The van der Waals surface area contributed by atoms with Gasteiger partial charge in [-0.1, -0.05) is 13.8 Å². The van der Waals surface area contributed by atoms with Crippen molar-refractivity contribution in [1.29, 1.82) is 0 Å². The highest BCUT2D eigenvalue weighted by molar-refractivity contribution is 5.95. The Labute approximate surface area is 114 Å². The summed E-state index contributed by atoms with van der Waals surface area (Å²) >= 11 is 0. The lowest BCUT2D eigenvalue weighted by Gasteiger charge is -2.16. The van der Waals surface area contributed by atoms with Crippen molar-refractivity contribution in [1.82, 2.24) is 14.9 Å². The number of nitrogens with one attached hydrogen (secondary N) is 2. The van der Waals surface area contributed by atoms with Crippen molar-refractivity contribution in [2.24, 2.45) is 13.0 Å². The number of aromatic nitrogens is 2. The number of nitrogens with zero attached hydrogens (tertiary/aromatic N) is 1. The molecule has 0 radical (unpaired) electrons. The molecule has 1 aromatic heterocycles. The van der Waals surface area contributed by atoms with E-state index in [1.165, 1.54) is 7.05 Å². The first kappa shape index (κ1) is 15.7. The molecule has 0 unspecified atom stereocenters. The van der Waals surface area contributed by atoms with E-state index in [1.54, 1.807) is 0 Å². The van der Waals surface area contributed by atoms with Gasteiger partial charge in [-0.05, 0) is 12.3 Å². The van der Waals surface area contributed by atoms with Crippen LogP contribution >= 0.6 is 0 Å². The van der Waals surface area contributed by atoms with Gasteiger partial charge in [0.05, 0.1) is 0 Å². The van der Waals surface area contributed by atoms with Crippen LogP contribution in [0.5, 0.6) is 0 Å². The number of carbonyl (C=O) groups excluding carboxylic acids is 1. The lowest BCUT2D eigenvalue weighted by molar-refractivity contribution is -0.139. The van der Waals surface area contributed by atoms with Gasteiger partial charge in [-0.3, -0.25) is 14.2 Å². The number of carboxylic acids is 1. The molecular weight excluding hydrogens is 266 g/mol. The number of amides is 1. The topological polar surface area (TPSA) is 121 Å². The van der Waals surface area contributed by atoms with Crippen molar-refractivity contribution in [3.63, 3.8) is 0 Å². The molecule has 1 aromatic rings. The molecule has 1 rings (SSSR count). The molecule has 0 aliphatic carbocycles. The van der Waals surface area contributed by atoms with Crippen molar-refractivity contribution < 1.29 is 14.7 Å². The molecule has 1 amide bonds. The molecule has 0 spiro atoms. The molecule has 0 saturated heterocycles. The summed E-state index contributed by atoms with van der Waals surface area (Å²) in [5.74, 6) is -1.93. The Bertz CT molecular complexity index is 629. The van der Waals surface area contributed by atoms with E-state index in [0.29, 0.717) is 0 Å². The van der Waals surface area contributed by atoms with Crippen molar-refractivity contribution in [3.8, 4) is 0 Å². The van der Waals surface area contributed by atoms with E-state index in [-0.39, 0.29) is 17.9 Å². The fourth-order valence-electron chi connectivity index (χ4n) is 1.66. The molecule has 0 saturated carbocycles. The van der Waals surface area contributed by atoms with Crippen molar-refractivity contribution in [3.05, 3.63) is 32.6 Å². The number of hydrogen-bond donors (Lipinski definition) is 3. The Morgan fingerprint density at radius 3 is 2.50 bits per heavy atom. The first-order chi connectivity index (χ1) is 9.23. The first-order valence-corrected chi connectivity index (χ1v) is 6.06. The monoisotopic (exact) mass is 283 g/mol. The van der Waals surface area contributed by atoms with Crippen LogP contribution in [0.3, 0.4) is 0 Å². The summed E-state index contributed by atoms with van der Waals surface area (Å²) < 4.78 is 0.743. The van der Waals surface area contributed by atoms with Gasteiger partial charge < -0.3 is 15.4 Å². The minimum Gasteiger partial charge on any atom is -0.480 e. The van der Waals surface area contributed by atoms with Crippen LogP contribution in [-0.4, -0.2) is 32.6 Å². The van der Waals surface area contributed by atoms with Gasteiger partial charge in [0.1, 0.15) is 11.6 Å². The van der Waals surface area contributed by atoms with Crippen LogP contribution in [0, 0.1) is 5.92 Å². The normalized spacial score (nSPS) is 12.2. The third-order valence-electron chi connectivity index (χ3n) is 2.73. The van der Waals surface area contributed by atoms with Crippen molar-refractivity contribution in [2.75, 3.05) is 0 Å². The molecule has 1 heterocycles. The lowest BCUT2D eigenvalue weighted by Crippen LogP contribution is -2.45. The summed E-state index contributed by atoms with van der Waals surface area (Å²) in [6.07, 6.45) is 1.22. The van der Waals surface area contributed by atoms with E-state index in [2.05, 4.69) is 10.3 Å². The second kappa shape index (κ2) is 6.18. The zero-order valence-electron chi connectivity index (χ0n) is 11.5. The summed E-state index contributed by atoms with van der Waals surface area (Å²) in [5.41, 5.74) is -1.73. The minimum absolute atomic E-state index is 0.0646. The Balaban J connectivity index is 3.01. The van der Waals surface area contributed by atoms with Crippen LogP contribution < -0.4 is 16.6 Å². The van der Waals surface area contributed by atoms with Gasteiger partial charge in [-0.15, -0.1) is 0 Å². The van der Waals surface area contributed by atoms with Crippen LogP contribution in [0.4, 0.5) is 0 Å². The van der Waals surface area contributed by atoms with E-state index in [4.69, 9.17) is 5.11 Å². The van der Waals surface area contributed by atoms with Crippen LogP contribution in [0.15, 0.2) is 15.8 Å². The fourth-order valence-corrected chi connectivity index (χ4v) is 1.66. The van der Waals surface area contributed by atoms with Crippen LogP contribution in [0.1, 0.15) is 30.6 Å². The summed E-state index contributed by atoms with van der Waals surface area (Å²) in [6, 6.07) is -1.08. The first-order valence-electron chi connectivity index (χ1n) is 6.06. The molecule has 0 aromatic carbocycles. The molecule has 110 valence electrons. The smallest absolute Gasteiger partial charge is 0.328 e. The van der Waals surface area contributed by atoms with E-state index < -0.39 is 29.2 Å². The quantitative estimate of drug-likeness (QED) is 0.660. The van der Waals surface area contributed by atoms with Gasteiger partial charge in [0, 0.05) is 13.2 Å². The van der Waals surface area contributed by atoms with Crippen LogP contribution in [0.25, 0.3) is 0 Å². The Kier molecular flexibility index (Phi) is 4.84. The number of aliphatic carboxylic acids is 1. The third-order valence-corrected chi connectivity index (χ3v) is 2.73. The van der Waals surface area contributed by atoms with Gasteiger partial charge in [0.2, 0.25) is 0 Å². The van der Waals surface area contributed by atoms with Crippen molar-refractivity contribution in [2.45, 2.75) is 26.3 Å². The highest BCUT2D eigenvalue weighted by Gasteiger charge is 2.23. The van der Waals surface area contributed by atoms with E-state index in [0.717, 1.165) is 10.8 Å². The average Bonchev–Trinajstić information content (AvgIpc) is 2.34. The van der Waals surface area contributed by atoms with E-state index in [9.17, 15) is 19.2 Å². The SMILES string of the molecule is CC(C)C[C@H](NC(=O)c1c[nH]c(=O)n(C)c1=O)C(=O)O. The second-order valence-corrected chi connectivity index (χ2v) is 4.87.